The molecular weight excluding hydrogens is 336 g/mol. The van der Waals surface area contributed by atoms with E-state index in [9.17, 15) is 14.4 Å². The smallest absolute Gasteiger partial charge is 0.407 e. The lowest BCUT2D eigenvalue weighted by Crippen LogP contribution is -2.47. The molecule has 2 amide bonds. The van der Waals surface area contributed by atoms with E-state index >= 15 is 0 Å². The van der Waals surface area contributed by atoms with E-state index in [4.69, 9.17) is 9.47 Å². The number of hydrogen-bond acceptors (Lipinski definition) is 5. The molecule has 0 aromatic heterocycles. The molecule has 1 heterocycles. The number of ether oxygens (including phenoxy) is 2. The standard InChI is InChI=1S/C19H34N2O5/c1-12(2)9-14(16(23)25-18(3,4)5)21-11-13(10-15(21)22)20-17(24)26-19(6,7)8/h12-14H,9-11H2,1-8H3,(H,20,24)/t13?,14-/m0/s1. The largest absolute Gasteiger partial charge is 0.458 e. The van der Waals surface area contributed by atoms with Crippen LogP contribution in [-0.4, -0.2) is 52.7 Å². The summed E-state index contributed by atoms with van der Waals surface area (Å²) in [5.74, 6) is -0.349. The molecule has 0 saturated carbocycles. The quantitative estimate of drug-likeness (QED) is 0.752. The van der Waals surface area contributed by atoms with E-state index in [0.29, 0.717) is 6.42 Å². The van der Waals surface area contributed by atoms with Crippen LogP contribution in [0.2, 0.25) is 0 Å². The summed E-state index contributed by atoms with van der Waals surface area (Å²) in [7, 11) is 0. The van der Waals surface area contributed by atoms with Crippen LogP contribution >= 0.6 is 0 Å². The van der Waals surface area contributed by atoms with E-state index in [1.165, 1.54) is 4.90 Å². The van der Waals surface area contributed by atoms with Crippen LogP contribution in [0.15, 0.2) is 0 Å². The maximum absolute atomic E-state index is 12.6. The van der Waals surface area contributed by atoms with Crippen molar-refractivity contribution in [3.8, 4) is 0 Å². The van der Waals surface area contributed by atoms with Crippen LogP contribution in [0, 0.1) is 5.92 Å². The molecule has 0 spiro atoms. The molecule has 0 radical (unpaired) electrons. The maximum Gasteiger partial charge on any atom is 0.407 e. The second-order valence-electron chi connectivity index (χ2n) is 9.27. The fourth-order valence-electron chi connectivity index (χ4n) is 2.77. The van der Waals surface area contributed by atoms with Crippen LogP contribution in [0.4, 0.5) is 4.79 Å². The number of rotatable bonds is 5. The third-order valence-electron chi connectivity index (χ3n) is 3.63. The Labute approximate surface area is 156 Å². The molecule has 0 bridgehead atoms. The van der Waals surface area contributed by atoms with Crippen molar-refractivity contribution in [1.82, 2.24) is 10.2 Å². The van der Waals surface area contributed by atoms with Crippen LogP contribution < -0.4 is 5.32 Å². The Morgan fingerprint density at radius 3 is 2.12 bits per heavy atom. The van der Waals surface area contributed by atoms with Crippen molar-refractivity contribution in [3.63, 3.8) is 0 Å². The van der Waals surface area contributed by atoms with Crippen molar-refractivity contribution in [3.05, 3.63) is 0 Å². The highest BCUT2D eigenvalue weighted by atomic mass is 16.6. The Balaban J connectivity index is 2.81. The summed E-state index contributed by atoms with van der Waals surface area (Å²) in [4.78, 5) is 38.6. The number of esters is 1. The summed E-state index contributed by atoms with van der Waals surface area (Å²) in [6.45, 7) is 15.0. The molecule has 1 N–H and O–H groups in total. The van der Waals surface area contributed by atoms with Crippen molar-refractivity contribution in [2.24, 2.45) is 5.92 Å². The summed E-state index contributed by atoms with van der Waals surface area (Å²) in [5.41, 5.74) is -1.23. The third kappa shape index (κ3) is 7.62. The van der Waals surface area contributed by atoms with Crippen molar-refractivity contribution in [2.75, 3.05) is 6.54 Å². The molecule has 0 aromatic carbocycles. The number of carbonyl (C=O) groups is 3. The van der Waals surface area contributed by atoms with Gasteiger partial charge in [-0.2, -0.15) is 0 Å². The van der Waals surface area contributed by atoms with Crippen LogP contribution in [-0.2, 0) is 19.1 Å². The summed E-state index contributed by atoms with van der Waals surface area (Å²) in [5, 5.41) is 2.72. The monoisotopic (exact) mass is 370 g/mol. The molecule has 0 aromatic rings. The summed E-state index contributed by atoms with van der Waals surface area (Å²) in [6, 6.07) is -1.03. The van der Waals surface area contributed by atoms with Crippen LogP contribution in [0.3, 0.4) is 0 Å². The zero-order valence-corrected chi connectivity index (χ0v) is 17.3. The normalized spacial score (nSPS) is 19.5. The first-order chi connectivity index (χ1) is 11.7. The molecule has 1 aliphatic rings. The Hall–Kier alpha value is -1.79. The van der Waals surface area contributed by atoms with Gasteiger partial charge in [0.05, 0.1) is 6.04 Å². The van der Waals surface area contributed by atoms with E-state index in [1.54, 1.807) is 41.5 Å². The molecule has 1 aliphatic heterocycles. The minimum absolute atomic E-state index is 0.149. The van der Waals surface area contributed by atoms with Gasteiger partial charge in [-0.15, -0.1) is 0 Å². The lowest BCUT2D eigenvalue weighted by Gasteiger charge is -2.31. The average Bonchev–Trinajstić information content (AvgIpc) is 2.71. The number of amides is 2. The zero-order valence-electron chi connectivity index (χ0n) is 17.3. The molecule has 2 atom stereocenters. The summed E-state index contributed by atoms with van der Waals surface area (Å²) >= 11 is 0. The zero-order chi connectivity index (χ0) is 20.3. The predicted molar refractivity (Wildman–Crippen MR) is 98.6 cm³/mol. The van der Waals surface area contributed by atoms with Crippen molar-refractivity contribution >= 4 is 18.0 Å². The third-order valence-corrected chi connectivity index (χ3v) is 3.63. The first-order valence-corrected chi connectivity index (χ1v) is 9.20. The van der Waals surface area contributed by atoms with E-state index in [1.807, 2.05) is 13.8 Å². The molecule has 7 nitrogen and oxygen atoms in total. The van der Waals surface area contributed by atoms with Gasteiger partial charge < -0.3 is 19.7 Å². The van der Waals surface area contributed by atoms with Gasteiger partial charge in [0.2, 0.25) is 5.91 Å². The molecule has 26 heavy (non-hydrogen) atoms. The lowest BCUT2D eigenvalue weighted by molar-refractivity contribution is -0.164. The van der Waals surface area contributed by atoms with Crippen molar-refractivity contribution < 1.29 is 23.9 Å². The number of alkyl carbamates (subject to hydrolysis) is 1. The molecule has 7 heteroatoms. The number of hydrogen-bond donors (Lipinski definition) is 1. The summed E-state index contributed by atoms with van der Waals surface area (Å²) < 4.78 is 10.7. The molecule has 150 valence electrons. The minimum atomic E-state index is -0.646. The van der Waals surface area contributed by atoms with Gasteiger partial charge in [0, 0.05) is 13.0 Å². The van der Waals surface area contributed by atoms with Gasteiger partial charge in [-0.25, -0.2) is 9.59 Å². The van der Waals surface area contributed by atoms with Crippen molar-refractivity contribution in [1.29, 1.82) is 0 Å². The van der Waals surface area contributed by atoms with Gasteiger partial charge in [0.15, 0.2) is 0 Å². The second-order valence-corrected chi connectivity index (χ2v) is 9.27. The van der Waals surface area contributed by atoms with E-state index in [-0.39, 0.29) is 30.8 Å². The molecule has 1 rings (SSSR count). The van der Waals surface area contributed by atoms with E-state index in [0.717, 1.165) is 0 Å². The number of nitrogens with one attached hydrogen (secondary N) is 1. The van der Waals surface area contributed by atoms with Gasteiger partial charge in [-0.1, -0.05) is 13.8 Å². The molecule has 1 saturated heterocycles. The number of carbonyl (C=O) groups excluding carboxylic acids is 3. The van der Waals surface area contributed by atoms with Gasteiger partial charge in [0.1, 0.15) is 17.2 Å². The van der Waals surface area contributed by atoms with Gasteiger partial charge in [-0.05, 0) is 53.9 Å². The number of likely N-dealkylation sites (tertiary alicyclic amines) is 1. The minimum Gasteiger partial charge on any atom is -0.458 e. The first kappa shape index (κ1) is 22.3. The highest BCUT2D eigenvalue weighted by Gasteiger charge is 2.40. The Morgan fingerprint density at radius 1 is 1.12 bits per heavy atom. The average molecular weight is 370 g/mol. The number of nitrogens with zero attached hydrogens (tertiary/aromatic N) is 1. The Bertz CT molecular complexity index is 531. The SMILES string of the molecule is CC(C)C[C@@H](C(=O)OC(C)(C)C)N1CC(NC(=O)OC(C)(C)C)CC1=O. The Kier molecular flexibility index (Phi) is 7.08. The van der Waals surface area contributed by atoms with Crippen molar-refractivity contribution in [2.45, 2.75) is 91.5 Å². The summed E-state index contributed by atoms with van der Waals surface area (Å²) in [6.07, 6.45) is 0.103. The topological polar surface area (TPSA) is 84.9 Å². The highest BCUT2D eigenvalue weighted by molar-refractivity contribution is 5.87. The molecular formula is C19H34N2O5. The fourth-order valence-corrected chi connectivity index (χ4v) is 2.77. The fraction of sp³-hybridized carbons (Fsp3) is 0.842. The molecule has 1 unspecified atom stereocenters. The van der Waals surface area contributed by atoms with E-state index < -0.39 is 29.3 Å². The van der Waals surface area contributed by atoms with Gasteiger partial charge in [-0.3, -0.25) is 4.79 Å². The van der Waals surface area contributed by atoms with Gasteiger partial charge >= 0.3 is 12.1 Å². The Morgan fingerprint density at radius 2 is 1.65 bits per heavy atom. The molecule has 1 fully saturated rings. The lowest BCUT2D eigenvalue weighted by atomic mass is 10.0. The highest BCUT2D eigenvalue weighted by Crippen LogP contribution is 2.23. The van der Waals surface area contributed by atoms with Crippen LogP contribution in [0.1, 0.15) is 68.2 Å². The van der Waals surface area contributed by atoms with Gasteiger partial charge in [0.25, 0.3) is 0 Å². The molecule has 0 aliphatic carbocycles. The van der Waals surface area contributed by atoms with Crippen LogP contribution in [0.25, 0.3) is 0 Å². The van der Waals surface area contributed by atoms with Crippen LogP contribution in [0.5, 0.6) is 0 Å². The van der Waals surface area contributed by atoms with E-state index in [2.05, 4.69) is 5.32 Å². The predicted octanol–water partition coefficient (Wildman–Crippen LogP) is 2.87. The maximum atomic E-state index is 12.6. The first-order valence-electron chi connectivity index (χ1n) is 9.20. The second kappa shape index (κ2) is 8.27.